The van der Waals surface area contributed by atoms with Gasteiger partial charge in [0.25, 0.3) is 0 Å². The summed E-state index contributed by atoms with van der Waals surface area (Å²) in [5, 5.41) is 0. The first kappa shape index (κ1) is 18.2. The Morgan fingerprint density at radius 3 is 2.70 bits per heavy atom. The van der Waals surface area contributed by atoms with Crippen LogP contribution in [0.25, 0.3) is 11.3 Å². The zero-order valence-corrected chi connectivity index (χ0v) is 16.2. The van der Waals surface area contributed by atoms with Crippen molar-refractivity contribution in [2.75, 3.05) is 32.7 Å². The molecule has 1 amide bonds. The lowest BCUT2D eigenvalue weighted by molar-refractivity contribution is -0.131. The smallest absolute Gasteiger partial charge is 0.236 e. The zero-order valence-electron chi connectivity index (χ0n) is 16.2. The minimum atomic E-state index is 0.301. The van der Waals surface area contributed by atoms with Gasteiger partial charge in [-0.3, -0.25) is 14.7 Å². The highest BCUT2D eigenvalue weighted by atomic mass is 16.2. The zero-order chi connectivity index (χ0) is 18.6. The Labute approximate surface area is 162 Å². The number of piperidine rings is 1. The molecule has 0 spiro atoms. The predicted molar refractivity (Wildman–Crippen MR) is 109 cm³/mol. The third-order valence-electron chi connectivity index (χ3n) is 5.83. The van der Waals surface area contributed by atoms with Gasteiger partial charge in [0.1, 0.15) is 0 Å². The van der Waals surface area contributed by atoms with E-state index in [9.17, 15) is 4.79 Å². The predicted octanol–water partition coefficient (Wildman–Crippen LogP) is 3.86. The van der Waals surface area contributed by atoms with Gasteiger partial charge in [0.2, 0.25) is 5.91 Å². The fourth-order valence-corrected chi connectivity index (χ4v) is 4.34. The van der Waals surface area contributed by atoms with Crippen LogP contribution in [0.5, 0.6) is 0 Å². The fourth-order valence-electron chi connectivity index (χ4n) is 4.34. The Kier molecular flexibility index (Phi) is 5.53. The topological polar surface area (TPSA) is 36.4 Å². The molecule has 27 heavy (non-hydrogen) atoms. The summed E-state index contributed by atoms with van der Waals surface area (Å²) < 4.78 is 0. The molecule has 0 bridgehead atoms. The second-order valence-electron chi connectivity index (χ2n) is 7.98. The number of pyridine rings is 1. The van der Waals surface area contributed by atoms with E-state index in [-0.39, 0.29) is 0 Å². The second kappa shape index (κ2) is 8.22. The quantitative estimate of drug-likeness (QED) is 0.828. The van der Waals surface area contributed by atoms with Gasteiger partial charge in [-0.05, 0) is 57.4 Å². The third-order valence-corrected chi connectivity index (χ3v) is 5.83. The Balaban J connectivity index is 1.45. The highest BCUT2D eigenvalue weighted by Gasteiger charge is 2.26. The Morgan fingerprint density at radius 2 is 1.89 bits per heavy atom. The number of rotatable bonds is 4. The Bertz CT molecular complexity index is 798. The number of benzene rings is 1. The van der Waals surface area contributed by atoms with Crippen molar-refractivity contribution in [1.82, 2.24) is 14.8 Å². The molecule has 2 fully saturated rings. The molecule has 2 aromatic rings. The molecule has 3 heterocycles. The molecule has 0 saturated carbocycles. The lowest BCUT2D eigenvalue weighted by Gasteiger charge is -2.33. The number of likely N-dealkylation sites (tertiary alicyclic amines) is 2. The number of nitrogens with zero attached hydrogens (tertiary/aromatic N) is 3. The SMILES string of the molecule is Cc1cccc(-c2cccc([C@H]3CCCN(CC(=O)N4CCCC4)C3)n2)c1. The van der Waals surface area contributed by atoms with Crippen LogP contribution in [0, 0.1) is 6.92 Å². The van der Waals surface area contributed by atoms with Gasteiger partial charge in [0, 0.05) is 36.8 Å². The lowest BCUT2D eigenvalue weighted by atomic mass is 9.93. The van der Waals surface area contributed by atoms with Crippen LogP contribution in [-0.4, -0.2) is 53.4 Å². The van der Waals surface area contributed by atoms with Gasteiger partial charge < -0.3 is 4.90 Å². The van der Waals surface area contributed by atoms with E-state index in [0.29, 0.717) is 18.4 Å². The summed E-state index contributed by atoms with van der Waals surface area (Å²) in [5.74, 6) is 0.713. The number of carbonyl (C=O) groups excluding carboxylic acids is 1. The van der Waals surface area contributed by atoms with Gasteiger partial charge in [-0.2, -0.15) is 0 Å². The first-order valence-electron chi connectivity index (χ1n) is 10.2. The molecule has 4 rings (SSSR count). The van der Waals surface area contributed by atoms with Crippen LogP contribution < -0.4 is 0 Å². The second-order valence-corrected chi connectivity index (χ2v) is 7.98. The number of aryl methyl sites for hydroxylation is 1. The maximum absolute atomic E-state index is 12.5. The van der Waals surface area contributed by atoms with E-state index < -0.39 is 0 Å². The van der Waals surface area contributed by atoms with Gasteiger partial charge >= 0.3 is 0 Å². The maximum Gasteiger partial charge on any atom is 0.236 e. The number of carbonyl (C=O) groups is 1. The van der Waals surface area contributed by atoms with E-state index in [0.717, 1.165) is 63.3 Å². The molecule has 2 aliphatic rings. The van der Waals surface area contributed by atoms with E-state index in [1.54, 1.807) is 0 Å². The maximum atomic E-state index is 12.5. The number of amides is 1. The normalized spacial score (nSPS) is 20.8. The molecule has 1 aromatic heterocycles. The van der Waals surface area contributed by atoms with E-state index >= 15 is 0 Å². The summed E-state index contributed by atoms with van der Waals surface area (Å²) >= 11 is 0. The molecule has 4 heteroatoms. The summed E-state index contributed by atoms with van der Waals surface area (Å²) in [4.78, 5) is 21.8. The monoisotopic (exact) mass is 363 g/mol. The average molecular weight is 364 g/mol. The summed E-state index contributed by atoms with van der Waals surface area (Å²) in [7, 11) is 0. The highest BCUT2D eigenvalue weighted by Crippen LogP contribution is 2.28. The largest absolute Gasteiger partial charge is 0.342 e. The molecule has 1 aromatic carbocycles. The van der Waals surface area contributed by atoms with Crippen molar-refractivity contribution >= 4 is 5.91 Å². The first-order chi connectivity index (χ1) is 13.2. The summed E-state index contributed by atoms with van der Waals surface area (Å²) in [6.07, 6.45) is 4.60. The molecule has 0 N–H and O–H groups in total. The minimum Gasteiger partial charge on any atom is -0.342 e. The van der Waals surface area contributed by atoms with Crippen LogP contribution >= 0.6 is 0 Å². The molecular formula is C23H29N3O. The third kappa shape index (κ3) is 4.38. The van der Waals surface area contributed by atoms with Crippen LogP contribution in [0.3, 0.4) is 0 Å². The van der Waals surface area contributed by atoms with Crippen molar-refractivity contribution in [3.05, 3.63) is 53.7 Å². The molecule has 0 radical (unpaired) electrons. The van der Waals surface area contributed by atoms with E-state index in [2.05, 4.69) is 54.3 Å². The van der Waals surface area contributed by atoms with Gasteiger partial charge in [0.05, 0.1) is 12.2 Å². The molecule has 142 valence electrons. The van der Waals surface area contributed by atoms with Crippen LogP contribution in [0.2, 0.25) is 0 Å². The van der Waals surface area contributed by atoms with Crippen molar-refractivity contribution in [1.29, 1.82) is 0 Å². The molecule has 0 aliphatic carbocycles. The number of aromatic nitrogens is 1. The van der Waals surface area contributed by atoms with Crippen LogP contribution in [0.1, 0.15) is 42.9 Å². The van der Waals surface area contributed by atoms with Crippen LogP contribution in [0.4, 0.5) is 0 Å². The van der Waals surface area contributed by atoms with Crippen molar-refractivity contribution in [2.24, 2.45) is 0 Å². The van der Waals surface area contributed by atoms with E-state index in [1.807, 2.05) is 4.90 Å². The molecule has 4 nitrogen and oxygen atoms in total. The van der Waals surface area contributed by atoms with Crippen molar-refractivity contribution in [2.45, 2.75) is 38.5 Å². The van der Waals surface area contributed by atoms with Gasteiger partial charge in [0.15, 0.2) is 0 Å². The molecule has 0 unspecified atom stereocenters. The summed E-state index contributed by atoms with van der Waals surface area (Å²) in [6.45, 7) is 6.52. The number of hydrogen-bond donors (Lipinski definition) is 0. The minimum absolute atomic E-state index is 0.301. The fraction of sp³-hybridized carbons (Fsp3) is 0.478. The van der Waals surface area contributed by atoms with Crippen LogP contribution in [-0.2, 0) is 4.79 Å². The average Bonchev–Trinajstić information content (AvgIpc) is 3.23. The molecule has 2 saturated heterocycles. The van der Waals surface area contributed by atoms with Crippen molar-refractivity contribution < 1.29 is 4.79 Å². The molecule has 2 aliphatic heterocycles. The first-order valence-corrected chi connectivity index (χ1v) is 10.2. The van der Waals surface area contributed by atoms with Gasteiger partial charge in [-0.25, -0.2) is 0 Å². The van der Waals surface area contributed by atoms with Gasteiger partial charge in [-0.1, -0.05) is 29.8 Å². The van der Waals surface area contributed by atoms with Gasteiger partial charge in [-0.15, -0.1) is 0 Å². The Hall–Kier alpha value is -2.20. The Morgan fingerprint density at radius 1 is 1.07 bits per heavy atom. The number of hydrogen-bond acceptors (Lipinski definition) is 3. The van der Waals surface area contributed by atoms with E-state index in [4.69, 9.17) is 4.98 Å². The van der Waals surface area contributed by atoms with Crippen molar-refractivity contribution in [3.8, 4) is 11.3 Å². The summed E-state index contributed by atoms with van der Waals surface area (Å²) in [6, 6.07) is 14.9. The summed E-state index contributed by atoms with van der Waals surface area (Å²) in [5.41, 5.74) is 4.63. The molecule has 1 atom stereocenters. The lowest BCUT2D eigenvalue weighted by Crippen LogP contribution is -2.43. The van der Waals surface area contributed by atoms with Crippen molar-refractivity contribution in [3.63, 3.8) is 0 Å². The molecular weight excluding hydrogens is 334 g/mol. The highest BCUT2D eigenvalue weighted by molar-refractivity contribution is 5.78. The van der Waals surface area contributed by atoms with E-state index in [1.165, 1.54) is 11.1 Å². The van der Waals surface area contributed by atoms with Crippen LogP contribution in [0.15, 0.2) is 42.5 Å². The standard InChI is InChI=1S/C23H29N3O/c1-18-7-4-8-19(15-18)21-10-5-11-22(24-21)20-9-6-12-25(16-20)17-23(27)26-13-2-3-14-26/h4-5,7-8,10-11,15,20H,2-3,6,9,12-14,16-17H2,1H3/t20-/m0/s1.